The summed E-state index contributed by atoms with van der Waals surface area (Å²) in [4.78, 5) is 4.72. The van der Waals surface area contributed by atoms with E-state index in [9.17, 15) is 0 Å². The van der Waals surface area contributed by atoms with Crippen LogP contribution in [0.15, 0.2) is 40.9 Å². The zero-order valence-electron chi connectivity index (χ0n) is 10.8. The van der Waals surface area contributed by atoms with Crippen molar-refractivity contribution < 1.29 is 0 Å². The molecule has 19 heavy (non-hydrogen) atoms. The summed E-state index contributed by atoms with van der Waals surface area (Å²) in [5.74, 6) is 0.916. The van der Waals surface area contributed by atoms with E-state index in [4.69, 9.17) is 10.7 Å². The van der Waals surface area contributed by atoms with Crippen molar-refractivity contribution in [1.82, 2.24) is 9.55 Å². The van der Waals surface area contributed by atoms with Gasteiger partial charge in [0.1, 0.15) is 5.82 Å². The first-order valence-electron chi connectivity index (χ1n) is 6.05. The van der Waals surface area contributed by atoms with E-state index in [1.54, 1.807) is 0 Å². The van der Waals surface area contributed by atoms with Crippen molar-refractivity contribution in [2.75, 3.05) is 5.73 Å². The molecule has 3 nitrogen and oxygen atoms in total. The van der Waals surface area contributed by atoms with Crippen molar-refractivity contribution in [3.05, 3.63) is 46.4 Å². The first-order valence-corrected chi connectivity index (χ1v) is 6.84. The molecular formula is C15H14BrN3. The fourth-order valence-electron chi connectivity index (χ4n) is 2.26. The van der Waals surface area contributed by atoms with E-state index in [-0.39, 0.29) is 0 Å². The number of nitrogens with two attached hydrogens (primary N) is 1. The van der Waals surface area contributed by atoms with Crippen LogP contribution in [0.25, 0.3) is 22.4 Å². The summed E-state index contributed by atoms with van der Waals surface area (Å²) in [7, 11) is 2.02. The van der Waals surface area contributed by atoms with Crippen molar-refractivity contribution in [3.8, 4) is 11.4 Å². The Morgan fingerprint density at radius 1 is 1.16 bits per heavy atom. The molecule has 0 unspecified atom stereocenters. The molecule has 0 aliphatic carbocycles. The molecule has 0 amide bonds. The first-order chi connectivity index (χ1) is 9.06. The van der Waals surface area contributed by atoms with Crippen molar-refractivity contribution in [1.29, 1.82) is 0 Å². The van der Waals surface area contributed by atoms with E-state index in [0.717, 1.165) is 32.6 Å². The fraction of sp³-hybridized carbons (Fsp3) is 0.133. The molecular weight excluding hydrogens is 302 g/mol. The predicted molar refractivity (Wildman–Crippen MR) is 83.0 cm³/mol. The smallest absolute Gasteiger partial charge is 0.142 e. The molecule has 0 saturated heterocycles. The largest absolute Gasteiger partial charge is 0.399 e. The molecule has 2 N–H and O–H groups in total. The van der Waals surface area contributed by atoms with Gasteiger partial charge < -0.3 is 10.3 Å². The molecule has 0 saturated carbocycles. The maximum atomic E-state index is 5.88. The van der Waals surface area contributed by atoms with Gasteiger partial charge in [-0.1, -0.05) is 22.0 Å². The minimum Gasteiger partial charge on any atom is -0.399 e. The van der Waals surface area contributed by atoms with Gasteiger partial charge in [0, 0.05) is 22.8 Å². The number of halogens is 1. The summed E-state index contributed by atoms with van der Waals surface area (Å²) in [5, 5.41) is 0. The highest BCUT2D eigenvalue weighted by Crippen LogP contribution is 2.31. The van der Waals surface area contributed by atoms with Gasteiger partial charge in [0.05, 0.1) is 11.0 Å². The molecule has 0 atom stereocenters. The number of nitrogen functional groups attached to an aromatic ring is 1. The SMILES string of the molecule is Cc1ccc2c(c1)nc(-c1cc(N)ccc1Br)n2C. The number of aryl methyl sites for hydroxylation is 2. The molecule has 3 rings (SSSR count). The summed E-state index contributed by atoms with van der Waals surface area (Å²) in [6.45, 7) is 2.07. The predicted octanol–water partition coefficient (Wildman–Crippen LogP) is 3.89. The Labute approximate surface area is 120 Å². The number of hydrogen-bond donors (Lipinski definition) is 1. The molecule has 0 radical (unpaired) electrons. The molecule has 96 valence electrons. The molecule has 4 heteroatoms. The van der Waals surface area contributed by atoms with Gasteiger partial charge in [-0.15, -0.1) is 0 Å². The Morgan fingerprint density at radius 2 is 1.95 bits per heavy atom. The lowest BCUT2D eigenvalue weighted by Gasteiger charge is -2.06. The topological polar surface area (TPSA) is 43.8 Å². The van der Waals surface area contributed by atoms with Gasteiger partial charge in [-0.2, -0.15) is 0 Å². The maximum absolute atomic E-state index is 5.88. The van der Waals surface area contributed by atoms with Gasteiger partial charge in [-0.05, 0) is 42.8 Å². The second-order valence-corrected chi connectivity index (χ2v) is 5.58. The normalized spacial score (nSPS) is 11.1. The zero-order chi connectivity index (χ0) is 13.6. The summed E-state index contributed by atoms with van der Waals surface area (Å²) >= 11 is 3.56. The highest BCUT2D eigenvalue weighted by atomic mass is 79.9. The van der Waals surface area contributed by atoms with Crippen LogP contribution in [-0.4, -0.2) is 9.55 Å². The maximum Gasteiger partial charge on any atom is 0.142 e. The van der Waals surface area contributed by atoms with Crippen LogP contribution >= 0.6 is 15.9 Å². The lowest BCUT2D eigenvalue weighted by Crippen LogP contribution is -1.94. The van der Waals surface area contributed by atoms with E-state index in [1.165, 1.54) is 5.56 Å². The molecule has 0 bridgehead atoms. The van der Waals surface area contributed by atoms with Crippen molar-refractivity contribution >= 4 is 32.7 Å². The fourth-order valence-corrected chi connectivity index (χ4v) is 2.69. The molecule has 1 aromatic heterocycles. The van der Waals surface area contributed by atoms with Crippen LogP contribution < -0.4 is 5.73 Å². The summed E-state index contributed by atoms with van der Waals surface area (Å²) in [6.07, 6.45) is 0. The number of rotatable bonds is 1. The molecule has 0 aliphatic heterocycles. The second-order valence-electron chi connectivity index (χ2n) is 4.73. The zero-order valence-corrected chi connectivity index (χ0v) is 12.4. The molecule has 0 fully saturated rings. The molecule has 0 aliphatic rings. The number of aromatic nitrogens is 2. The lowest BCUT2D eigenvalue weighted by atomic mass is 10.2. The van der Waals surface area contributed by atoms with Gasteiger partial charge in [-0.25, -0.2) is 4.98 Å². The summed E-state index contributed by atoms with van der Waals surface area (Å²) in [5.41, 5.74) is 11.0. The Hall–Kier alpha value is -1.81. The monoisotopic (exact) mass is 315 g/mol. The third-order valence-electron chi connectivity index (χ3n) is 3.27. The van der Waals surface area contributed by atoms with Crippen LogP contribution in [0.4, 0.5) is 5.69 Å². The Morgan fingerprint density at radius 3 is 2.74 bits per heavy atom. The van der Waals surface area contributed by atoms with E-state index >= 15 is 0 Å². The third kappa shape index (κ3) is 2.02. The summed E-state index contributed by atoms with van der Waals surface area (Å²) in [6, 6.07) is 12.1. The van der Waals surface area contributed by atoms with Crippen molar-refractivity contribution in [2.24, 2.45) is 7.05 Å². The van der Waals surface area contributed by atoms with Gasteiger partial charge in [0.25, 0.3) is 0 Å². The molecule has 3 aromatic rings. The number of anilines is 1. The van der Waals surface area contributed by atoms with Crippen LogP contribution in [0.5, 0.6) is 0 Å². The number of nitrogens with zero attached hydrogens (tertiary/aromatic N) is 2. The van der Waals surface area contributed by atoms with Crippen LogP contribution in [0.3, 0.4) is 0 Å². The number of imidazole rings is 1. The molecule has 1 heterocycles. The first kappa shape index (κ1) is 12.2. The van der Waals surface area contributed by atoms with E-state index in [0.29, 0.717) is 0 Å². The van der Waals surface area contributed by atoms with Crippen molar-refractivity contribution in [3.63, 3.8) is 0 Å². The van der Waals surface area contributed by atoms with Gasteiger partial charge >= 0.3 is 0 Å². The molecule has 2 aromatic carbocycles. The van der Waals surface area contributed by atoms with E-state index in [1.807, 2.05) is 25.2 Å². The lowest BCUT2D eigenvalue weighted by molar-refractivity contribution is 0.958. The quantitative estimate of drug-likeness (QED) is 0.692. The van der Waals surface area contributed by atoms with Gasteiger partial charge in [-0.3, -0.25) is 0 Å². The Kier molecular flexibility index (Phi) is 2.82. The average molecular weight is 316 g/mol. The van der Waals surface area contributed by atoms with Crippen LogP contribution in [0.1, 0.15) is 5.56 Å². The van der Waals surface area contributed by atoms with E-state index in [2.05, 4.69) is 45.6 Å². The second kappa shape index (κ2) is 4.38. The minimum atomic E-state index is 0.737. The third-order valence-corrected chi connectivity index (χ3v) is 3.96. The minimum absolute atomic E-state index is 0.737. The standard InChI is InChI=1S/C15H14BrN3/c1-9-3-6-14-13(7-9)18-15(19(14)2)11-8-10(17)4-5-12(11)16/h3-8H,17H2,1-2H3. The summed E-state index contributed by atoms with van der Waals surface area (Å²) < 4.78 is 3.09. The van der Waals surface area contributed by atoms with Crippen LogP contribution in [0.2, 0.25) is 0 Å². The van der Waals surface area contributed by atoms with Crippen LogP contribution in [-0.2, 0) is 7.05 Å². The number of benzene rings is 2. The molecule has 0 spiro atoms. The van der Waals surface area contributed by atoms with Crippen molar-refractivity contribution in [2.45, 2.75) is 6.92 Å². The average Bonchev–Trinajstić information content (AvgIpc) is 2.69. The Balaban J connectivity index is 2.30. The van der Waals surface area contributed by atoms with Gasteiger partial charge in [0.15, 0.2) is 0 Å². The van der Waals surface area contributed by atoms with E-state index < -0.39 is 0 Å². The Bertz CT molecular complexity index is 774. The van der Waals surface area contributed by atoms with Gasteiger partial charge in [0.2, 0.25) is 0 Å². The number of hydrogen-bond acceptors (Lipinski definition) is 2. The number of fused-ring (bicyclic) bond motifs is 1. The highest BCUT2D eigenvalue weighted by Gasteiger charge is 2.12. The van der Waals surface area contributed by atoms with Crippen LogP contribution in [0, 0.1) is 6.92 Å². The highest BCUT2D eigenvalue weighted by molar-refractivity contribution is 9.10.